The Morgan fingerprint density at radius 2 is 1.78 bits per heavy atom. The molecular weight excluding hydrogens is 399 g/mol. The van der Waals surface area contributed by atoms with Crippen molar-refractivity contribution in [2.24, 2.45) is 0 Å². The molecule has 0 bridgehead atoms. The molecule has 0 unspecified atom stereocenters. The van der Waals surface area contributed by atoms with E-state index in [1.54, 1.807) is 6.07 Å². The highest BCUT2D eigenvalue weighted by atomic mass is 19.1. The highest BCUT2D eigenvalue weighted by Gasteiger charge is 2.18. The second-order valence-corrected chi connectivity index (χ2v) is 9.35. The third kappa shape index (κ3) is 5.99. The molecule has 1 aliphatic rings. The summed E-state index contributed by atoms with van der Waals surface area (Å²) in [7, 11) is 0. The molecule has 3 nitrogen and oxygen atoms in total. The highest BCUT2D eigenvalue weighted by Crippen LogP contribution is 2.31. The molecule has 1 amide bonds. The van der Waals surface area contributed by atoms with Crippen molar-refractivity contribution < 1.29 is 9.18 Å². The number of aryl methyl sites for hydroxylation is 2. The fraction of sp³-hybridized carbons (Fsp3) is 0.464. The van der Waals surface area contributed by atoms with E-state index < -0.39 is 0 Å². The molecule has 0 radical (unpaired) electrons. The fourth-order valence-corrected chi connectivity index (χ4v) is 4.48. The molecule has 2 aromatic carbocycles. The maximum Gasteiger partial charge on any atom is 0.247 e. The average molecular weight is 437 g/mol. The van der Waals surface area contributed by atoms with Crippen molar-refractivity contribution >= 4 is 17.7 Å². The third-order valence-electron chi connectivity index (χ3n) is 6.27. The van der Waals surface area contributed by atoms with Crippen molar-refractivity contribution in [3.05, 3.63) is 58.4 Å². The van der Waals surface area contributed by atoms with E-state index in [1.165, 1.54) is 19.3 Å². The summed E-state index contributed by atoms with van der Waals surface area (Å²) >= 11 is 0. The van der Waals surface area contributed by atoms with Crippen molar-refractivity contribution in [1.82, 2.24) is 5.32 Å². The van der Waals surface area contributed by atoms with E-state index in [0.717, 1.165) is 46.4 Å². The van der Waals surface area contributed by atoms with Crippen LogP contribution in [0.1, 0.15) is 76.0 Å². The van der Waals surface area contributed by atoms with Crippen molar-refractivity contribution in [1.29, 1.82) is 0 Å². The Labute approximate surface area is 192 Å². The molecule has 0 spiro atoms. The average Bonchev–Trinajstić information content (AvgIpc) is 2.74. The first-order chi connectivity index (χ1) is 15.3. The fourth-order valence-electron chi connectivity index (χ4n) is 4.48. The molecule has 2 aromatic rings. The largest absolute Gasteiger partial charge is 0.383 e. The number of carbonyl (C=O) groups excluding carboxylic acids is 1. The molecular formula is C28H37FN2O. The summed E-state index contributed by atoms with van der Waals surface area (Å²) in [5.74, 6) is -0.192. The van der Waals surface area contributed by atoms with Crippen LogP contribution in [0.3, 0.4) is 0 Å². The molecule has 1 fully saturated rings. The summed E-state index contributed by atoms with van der Waals surface area (Å²) < 4.78 is 14.9. The molecule has 0 atom stereocenters. The van der Waals surface area contributed by atoms with Crippen molar-refractivity contribution in [2.45, 2.75) is 85.2 Å². The van der Waals surface area contributed by atoms with E-state index in [9.17, 15) is 9.18 Å². The molecule has 0 saturated heterocycles. The number of halogens is 1. The van der Waals surface area contributed by atoms with Crippen LogP contribution >= 0.6 is 0 Å². The van der Waals surface area contributed by atoms with Crippen molar-refractivity contribution in [2.75, 3.05) is 5.32 Å². The Bertz CT molecular complexity index is 987. The third-order valence-corrected chi connectivity index (χ3v) is 6.27. The van der Waals surface area contributed by atoms with Gasteiger partial charge in [0, 0.05) is 28.9 Å². The summed E-state index contributed by atoms with van der Waals surface area (Å²) in [4.78, 5) is 12.8. The minimum absolute atomic E-state index is 0.0415. The van der Waals surface area contributed by atoms with Crippen LogP contribution in [-0.4, -0.2) is 18.0 Å². The monoisotopic (exact) mass is 436 g/mol. The maximum atomic E-state index is 14.9. The van der Waals surface area contributed by atoms with Gasteiger partial charge in [-0.25, -0.2) is 4.39 Å². The maximum absolute atomic E-state index is 14.9. The molecule has 0 aliphatic heterocycles. The Balaban J connectivity index is 1.85. The molecule has 1 saturated carbocycles. The zero-order valence-electron chi connectivity index (χ0n) is 20.1. The number of carbonyl (C=O) groups is 1. The lowest BCUT2D eigenvalue weighted by Crippen LogP contribution is -2.36. The minimum atomic E-state index is -0.234. The first-order valence-corrected chi connectivity index (χ1v) is 12.0. The normalized spacial score (nSPS) is 15.2. The van der Waals surface area contributed by atoms with Gasteiger partial charge in [-0.1, -0.05) is 38.3 Å². The number of hydrogen-bond donors (Lipinski definition) is 2. The van der Waals surface area contributed by atoms with Crippen molar-refractivity contribution in [3.63, 3.8) is 0 Å². The van der Waals surface area contributed by atoms with E-state index in [0.29, 0.717) is 18.0 Å². The number of nitrogens with one attached hydrogen (secondary N) is 2. The number of rotatable bonds is 7. The predicted molar refractivity (Wildman–Crippen MR) is 133 cm³/mol. The van der Waals surface area contributed by atoms with Gasteiger partial charge in [0.25, 0.3) is 0 Å². The molecule has 1 aliphatic carbocycles. The summed E-state index contributed by atoms with van der Waals surface area (Å²) in [6.07, 6.45) is 8.49. The van der Waals surface area contributed by atoms with Gasteiger partial charge in [0.1, 0.15) is 5.82 Å². The second kappa shape index (κ2) is 10.8. The smallest absolute Gasteiger partial charge is 0.247 e. The van der Waals surface area contributed by atoms with Gasteiger partial charge in [0.15, 0.2) is 0 Å². The quantitative estimate of drug-likeness (QED) is 0.452. The first-order valence-electron chi connectivity index (χ1n) is 12.0. The topological polar surface area (TPSA) is 41.1 Å². The predicted octanol–water partition coefficient (Wildman–Crippen LogP) is 7.17. The molecule has 0 heterocycles. The van der Waals surface area contributed by atoms with Gasteiger partial charge < -0.3 is 10.6 Å². The Kier molecular flexibility index (Phi) is 8.11. The van der Waals surface area contributed by atoms with Crippen LogP contribution in [0.4, 0.5) is 10.1 Å². The molecule has 32 heavy (non-hydrogen) atoms. The van der Waals surface area contributed by atoms with Gasteiger partial charge in [-0.3, -0.25) is 4.79 Å². The molecule has 3 rings (SSSR count). The van der Waals surface area contributed by atoms with Crippen molar-refractivity contribution in [3.8, 4) is 11.1 Å². The van der Waals surface area contributed by atoms with Gasteiger partial charge in [-0.2, -0.15) is 0 Å². The number of benzene rings is 2. The molecule has 4 heteroatoms. The summed E-state index contributed by atoms with van der Waals surface area (Å²) in [6.45, 7) is 10.1. The lowest BCUT2D eigenvalue weighted by Gasteiger charge is -2.23. The lowest BCUT2D eigenvalue weighted by molar-refractivity contribution is -0.118. The van der Waals surface area contributed by atoms with Crippen LogP contribution in [0.5, 0.6) is 0 Å². The summed E-state index contributed by atoms with van der Waals surface area (Å²) in [5, 5.41) is 6.47. The second-order valence-electron chi connectivity index (χ2n) is 9.35. The highest BCUT2D eigenvalue weighted by molar-refractivity contribution is 5.98. The van der Waals surface area contributed by atoms with Gasteiger partial charge in [0.05, 0.1) is 0 Å². The zero-order valence-corrected chi connectivity index (χ0v) is 20.1. The first kappa shape index (κ1) is 24.0. The number of amides is 1. The molecule has 2 N–H and O–H groups in total. The lowest BCUT2D eigenvalue weighted by atomic mass is 9.93. The molecule has 172 valence electrons. The van der Waals surface area contributed by atoms with Gasteiger partial charge in [-0.15, -0.1) is 0 Å². The van der Waals surface area contributed by atoms with Gasteiger partial charge >= 0.3 is 0 Å². The van der Waals surface area contributed by atoms with Crippen LogP contribution < -0.4 is 10.6 Å². The summed E-state index contributed by atoms with van der Waals surface area (Å²) in [6, 6.07) is 9.96. The Morgan fingerprint density at radius 3 is 2.41 bits per heavy atom. The molecule has 0 aromatic heterocycles. The van der Waals surface area contributed by atoms with Crippen LogP contribution in [0.15, 0.2) is 35.9 Å². The van der Waals surface area contributed by atoms with E-state index in [1.807, 2.05) is 58.9 Å². The SMILES string of the molecule is CC/C(=C\c1cc(C)c(-c2ccc(NC(C)C)cc2F)cc1C)C(=O)NC1CCCCC1. The Hall–Kier alpha value is -2.62. The van der Waals surface area contributed by atoms with Crippen LogP contribution in [-0.2, 0) is 4.79 Å². The van der Waals surface area contributed by atoms with Gasteiger partial charge in [-0.05, 0) is 93.5 Å². The van der Waals surface area contributed by atoms with E-state index in [-0.39, 0.29) is 17.8 Å². The summed E-state index contributed by atoms with van der Waals surface area (Å²) in [5.41, 5.74) is 6.10. The van der Waals surface area contributed by atoms with Crippen LogP contribution in [0.25, 0.3) is 17.2 Å². The number of anilines is 1. The standard InChI is InChI=1S/C28H37FN2O/c1-6-21(28(32)31-23-10-8-7-9-11-23)16-22-14-20(5)26(15-19(22)4)25-13-12-24(17-27(25)29)30-18(2)3/h12-18,23,30H,6-11H2,1-5H3,(H,31,32)/b21-16+. The van der Waals surface area contributed by atoms with Crippen LogP contribution in [0.2, 0.25) is 0 Å². The van der Waals surface area contributed by atoms with Gasteiger partial charge in [0.2, 0.25) is 5.91 Å². The zero-order chi connectivity index (χ0) is 23.3. The van der Waals surface area contributed by atoms with E-state index in [2.05, 4.69) is 16.7 Å². The Morgan fingerprint density at radius 1 is 1.06 bits per heavy atom. The van der Waals surface area contributed by atoms with E-state index in [4.69, 9.17) is 0 Å². The van der Waals surface area contributed by atoms with Crippen LogP contribution in [0, 0.1) is 19.7 Å². The minimum Gasteiger partial charge on any atom is -0.383 e. The number of hydrogen-bond acceptors (Lipinski definition) is 2. The van der Waals surface area contributed by atoms with E-state index >= 15 is 0 Å².